The zero-order valence-corrected chi connectivity index (χ0v) is 23.0. The summed E-state index contributed by atoms with van der Waals surface area (Å²) in [5, 5.41) is 22.2. The summed E-state index contributed by atoms with van der Waals surface area (Å²) in [7, 11) is 0. The highest BCUT2D eigenvalue weighted by Crippen LogP contribution is 2.33. The molecule has 3 aliphatic rings. The summed E-state index contributed by atoms with van der Waals surface area (Å²) >= 11 is 0. The molecule has 11 heteroatoms. The minimum Gasteiger partial charge on any atom is -0.367 e. The molecule has 1 saturated carbocycles. The van der Waals surface area contributed by atoms with Crippen LogP contribution in [0.4, 0.5) is 14.5 Å². The van der Waals surface area contributed by atoms with E-state index < -0.39 is 11.6 Å². The second-order valence-corrected chi connectivity index (χ2v) is 11.4. The molecular formula is C30H34F2N8O. The van der Waals surface area contributed by atoms with E-state index in [1.54, 1.807) is 0 Å². The molecule has 41 heavy (non-hydrogen) atoms. The Labute approximate surface area is 238 Å². The Kier molecular flexibility index (Phi) is 7.92. The van der Waals surface area contributed by atoms with Crippen molar-refractivity contribution in [1.82, 2.24) is 30.0 Å². The molecule has 1 aliphatic carbocycles. The maximum Gasteiger partial charge on any atom is 0.240 e. The van der Waals surface area contributed by atoms with Gasteiger partial charge in [0.05, 0.1) is 28.9 Å². The van der Waals surface area contributed by atoms with Gasteiger partial charge < -0.3 is 9.80 Å². The Morgan fingerprint density at radius 1 is 1.02 bits per heavy atom. The van der Waals surface area contributed by atoms with Gasteiger partial charge in [-0.15, -0.1) is 10.2 Å². The first-order valence-electron chi connectivity index (χ1n) is 14.5. The van der Waals surface area contributed by atoms with E-state index in [0.29, 0.717) is 50.6 Å². The number of nitriles is 1. The monoisotopic (exact) mass is 560 g/mol. The van der Waals surface area contributed by atoms with E-state index in [1.165, 1.54) is 49.0 Å². The number of rotatable bonds is 6. The molecule has 0 radical (unpaired) electrons. The lowest BCUT2D eigenvalue weighted by Crippen LogP contribution is -2.54. The van der Waals surface area contributed by atoms with Crippen molar-refractivity contribution in [2.45, 2.75) is 50.6 Å². The fourth-order valence-electron chi connectivity index (χ4n) is 6.59. The first-order chi connectivity index (χ1) is 20.0. The topological polar surface area (TPSA) is 94.2 Å². The number of hydrogen-bond acceptors (Lipinski definition) is 7. The molecule has 0 unspecified atom stereocenters. The van der Waals surface area contributed by atoms with Crippen LogP contribution in [0.25, 0.3) is 11.4 Å². The number of piperazine rings is 1. The van der Waals surface area contributed by atoms with Gasteiger partial charge in [-0.2, -0.15) is 10.1 Å². The first kappa shape index (κ1) is 27.3. The molecule has 3 aromatic rings. The Morgan fingerprint density at radius 2 is 1.80 bits per heavy atom. The van der Waals surface area contributed by atoms with Crippen LogP contribution in [0.3, 0.4) is 0 Å². The summed E-state index contributed by atoms with van der Waals surface area (Å²) in [4.78, 5) is 21.9. The number of hydrogen-bond donors (Lipinski definition) is 0. The quantitative estimate of drug-likeness (QED) is 0.449. The van der Waals surface area contributed by atoms with Crippen LogP contribution in [-0.4, -0.2) is 81.2 Å². The summed E-state index contributed by atoms with van der Waals surface area (Å²) in [6, 6.07) is 12.7. The highest BCUT2D eigenvalue weighted by molar-refractivity contribution is 5.82. The molecular weight excluding hydrogens is 526 g/mol. The van der Waals surface area contributed by atoms with Gasteiger partial charge in [-0.25, -0.2) is 8.78 Å². The molecule has 0 spiro atoms. The smallest absolute Gasteiger partial charge is 0.240 e. The molecule has 1 aromatic heterocycles. The zero-order chi connectivity index (χ0) is 28.3. The van der Waals surface area contributed by atoms with Gasteiger partial charge in [0.25, 0.3) is 0 Å². The molecule has 3 fully saturated rings. The van der Waals surface area contributed by atoms with E-state index in [4.69, 9.17) is 0 Å². The second kappa shape index (κ2) is 11.9. The normalized spacial score (nSPS) is 22.2. The van der Waals surface area contributed by atoms with Gasteiger partial charge in [0.2, 0.25) is 11.7 Å². The highest BCUT2D eigenvalue weighted by Gasteiger charge is 2.42. The number of anilines is 1. The van der Waals surface area contributed by atoms with Crippen molar-refractivity contribution in [2.24, 2.45) is 5.92 Å². The molecule has 3 heterocycles. The number of carbonyl (C=O) groups is 1. The number of para-hydroxylation sites is 1. The molecule has 6 rings (SSSR count). The van der Waals surface area contributed by atoms with Crippen molar-refractivity contribution in [3.63, 3.8) is 0 Å². The van der Waals surface area contributed by atoms with Crippen molar-refractivity contribution in [1.29, 1.82) is 5.26 Å². The van der Waals surface area contributed by atoms with Gasteiger partial charge >= 0.3 is 0 Å². The minimum atomic E-state index is -0.737. The van der Waals surface area contributed by atoms with E-state index in [0.717, 1.165) is 18.3 Å². The van der Waals surface area contributed by atoms with Crippen LogP contribution < -0.4 is 4.90 Å². The number of amides is 1. The van der Waals surface area contributed by atoms with Gasteiger partial charge in [0.1, 0.15) is 17.7 Å². The van der Waals surface area contributed by atoms with Crippen LogP contribution in [0.15, 0.2) is 42.5 Å². The van der Waals surface area contributed by atoms with E-state index >= 15 is 0 Å². The number of likely N-dealkylation sites (tertiary alicyclic amines) is 1. The Bertz CT molecular complexity index is 1420. The molecule has 2 atom stereocenters. The number of carbonyl (C=O) groups excluding carboxylic acids is 1. The summed E-state index contributed by atoms with van der Waals surface area (Å²) in [6.45, 7) is 3.99. The zero-order valence-electron chi connectivity index (χ0n) is 23.0. The minimum absolute atomic E-state index is 0.0955. The number of tetrazole rings is 1. The van der Waals surface area contributed by atoms with Crippen molar-refractivity contribution >= 4 is 11.6 Å². The maximum atomic E-state index is 14.4. The van der Waals surface area contributed by atoms with Crippen LogP contribution in [-0.2, 0) is 4.79 Å². The number of nitrogens with zero attached hydrogens (tertiary/aromatic N) is 8. The molecule has 1 amide bonds. The third-order valence-corrected chi connectivity index (χ3v) is 8.77. The van der Waals surface area contributed by atoms with Crippen LogP contribution >= 0.6 is 0 Å². The lowest BCUT2D eigenvalue weighted by molar-refractivity contribution is -0.136. The van der Waals surface area contributed by atoms with Crippen molar-refractivity contribution in [3.8, 4) is 17.5 Å². The molecule has 0 N–H and O–H groups in total. The van der Waals surface area contributed by atoms with E-state index in [1.807, 2.05) is 29.2 Å². The van der Waals surface area contributed by atoms with Crippen molar-refractivity contribution in [3.05, 3.63) is 59.7 Å². The predicted molar refractivity (Wildman–Crippen MR) is 149 cm³/mol. The molecule has 2 aliphatic heterocycles. The molecule has 214 valence electrons. The average Bonchev–Trinajstić information content (AvgIpc) is 3.65. The number of aromatic nitrogens is 4. The first-order valence-corrected chi connectivity index (χ1v) is 14.5. The molecule has 0 bridgehead atoms. The fraction of sp³-hybridized carbons (Fsp3) is 0.500. The van der Waals surface area contributed by atoms with Crippen LogP contribution in [0.1, 0.15) is 50.1 Å². The molecule has 2 aromatic carbocycles. The Balaban J connectivity index is 1.17. The summed E-state index contributed by atoms with van der Waals surface area (Å²) in [6.07, 6.45) is 6.62. The summed E-state index contributed by atoms with van der Waals surface area (Å²) in [5.74, 6) is -0.625. The van der Waals surface area contributed by atoms with Gasteiger partial charge in [-0.1, -0.05) is 31.4 Å². The van der Waals surface area contributed by atoms with Crippen LogP contribution in [0.2, 0.25) is 0 Å². The van der Waals surface area contributed by atoms with E-state index in [9.17, 15) is 18.8 Å². The third kappa shape index (κ3) is 5.79. The molecule has 2 saturated heterocycles. The van der Waals surface area contributed by atoms with Crippen LogP contribution in [0, 0.1) is 28.9 Å². The lowest BCUT2D eigenvalue weighted by atomic mass is 9.89. The van der Waals surface area contributed by atoms with Gasteiger partial charge in [0, 0.05) is 45.3 Å². The van der Waals surface area contributed by atoms with E-state index in [-0.39, 0.29) is 29.4 Å². The SMILES string of the molecule is N#Cc1ccccc1N1CCN(C(=O)[C@@H]2C[C@H](n3nnc(-c4ccc(F)cc4F)n3)CN2CC2CCCCC2)CC1. The summed E-state index contributed by atoms with van der Waals surface area (Å²) < 4.78 is 27.8. The number of halogens is 2. The van der Waals surface area contributed by atoms with Gasteiger partial charge in [0.15, 0.2) is 0 Å². The van der Waals surface area contributed by atoms with Gasteiger partial charge in [-0.3, -0.25) is 9.69 Å². The summed E-state index contributed by atoms with van der Waals surface area (Å²) in [5.41, 5.74) is 1.65. The second-order valence-electron chi connectivity index (χ2n) is 11.4. The standard InChI is InChI=1S/C30H34F2N8O/c31-23-10-11-25(26(32)16-23)29-34-36-40(35-29)24-17-28(39(20-24)19-21-6-2-1-3-7-21)30(41)38-14-12-37(13-15-38)27-9-5-4-8-22(27)18-33/h4-5,8-11,16,21,24,28H,1-3,6-7,12-15,17,19-20H2/t24-,28-/m0/s1. The van der Waals surface area contributed by atoms with Gasteiger partial charge in [-0.05, 0) is 54.7 Å². The predicted octanol–water partition coefficient (Wildman–Crippen LogP) is 4.03. The lowest BCUT2D eigenvalue weighted by Gasteiger charge is -2.39. The largest absolute Gasteiger partial charge is 0.367 e. The van der Waals surface area contributed by atoms with Crippen molar-refractivity contribution < 1.29 is 13.6 Å². The van der Waals surface area contributed by atoms with Crippen LogP contribution in [0.5, 0.6) is 0 Å². The highest BCUT2D eigenvalue weighted by atomic mass is 19.1. The van der Waals surface area contributed by atoms with E-state index in [2.05, 4.69) is 31.3 Å². The average molecular weight is 561 g/mol. The molecule has 9 nitrogen and oxygen atoms in total. The number of benzene rings is 2. The maximum absolute atomic E-state index is 14.4. The Hall–Kier alpha value is -3.91. The Morgan fingerprint density at radius 3 is 2.56 bits per heavy atom. The van der Waals surface area contributed by atoms with Crippen molar-refractivity contribution in [2.75, 3.05) is 44.2 Å². The third-order valence-electron chi connectivity index (χ3n) is 8.77. The fourth-order valence-corrected chi connectivity index (χ4v) is 6.59.